The van der Waals surface area contributed by atoms with E-state index < -0.39 is 0 Å². The van der Waals surface area contributed by atoms with E-state index in [-0.39, 0.29) is 0 Å². The fourth-order valence-electron chi connectivity index (χ4n) is 2.17. The van der Waals surface area contributed by atoms with Gasteiger partial charge in [0.1, 0.15) is 0 Å². The quantitative estimate of drug-likeness (QED) is 0.796. The van der Waals surface area contributed by atoms with Crippen LogP contribution in [-0.2, 0) is 6.42 Å². The number of benzene rings is 1. The van der Waals surface area contributed by atoms with Crippen LogP contribution in [0.5, 0.6) is 5.88 Å². The number of para-hydroxylation sites is 1. The molecule has 0 unspecified atom stereocenters. The van der Waals surface area contributed by atoms with Gasteiger partial charge in [0.05, 0.1) is 12.1 Å². The molecule has 1 aromatic carbocycles. The molecule has 1 heterocycles. The summed E-state index contributed by atoms with van der Waals surface area (Å²) < 4.78 is 5.68. The molecule has 0 fully saturated rings. The molecule has 0 bridgehead atoms. The highest BCUT2D eigenvalue weighted by molar-refractivity contribution is 5.80. The number of pyridine rings is 1. The van der Waals surface area contributed by atoms with E-state index in [9.17, 15) is 0 Å². The third kappa shape index (κ3) is 3.67. The molecule has 1 aromatic heterocycles. The van der Waals surface area contributed by atoms with Crippen molar-refractivity contribution in [3.63, 3.8) is 0 Å². The maximum absolute atomic E-state index is 5.68. The minimum atomic E-state index is 0.659. The van der Waals surface area contributed by atoms with Crippen molar-refractivity contribution < 1.29 is 4.74 Å². The number of hydrogen-bond donors (Lipinski definition) is 0. The molecule has 0 aliphatic carbocycles. The molecule has 2 rings (SSSR count). The molecule has 0 N–H and O–H groups in total. The number of fused-ring (bicyclic) bond motifs is 1. The fraction of sp³-hybridized carbons (Fsp3) is 0.438. The third-order valence-electron chi connectivity index (χ3n) is 3.10. The van der Waals surface area contributed by atoms with Gasteiger partial charge >= 0.3 is 0 Å². The molecule has 0 saturated heterocycles. The summed E-state index contributed by atoms with van der Waals surface area (Å²) in [4.78, 5) is 6.83. The fourth-order valence-corrected chi connectivity index (χ4v) is 2.17. The van der Waals surface area contributed by atoms with E-state index in [1.807, 2.05) is 25.1 Å². The van der Waals surface area contributed by atoms with Crippen LogP contribution in [0.25, 0.3) is 10.9 Å². The number of nitrogens with zero attached hydrogens (tertiary/aromatic N) is 2. The van der Waals surface area contributed by atoms with Crippen molar-refractivity contribution in [2.24, 2.45) is 0 Å². The van der Waals surface area contributed by atoms with Crippen LogP contribution >= 0.6 is 0 Å². The van der Waals surface area contributed by atoms with Crippen LogP contribution in [0, 0.1) is 0 Å². The van der Waals surface area contributed by atoms with Gasteiger partial charge in [-0.05, 0) is 52.5 Å². The summed E-state index contributed by atoms with van der Waals surface area (Å²) in [5.41, 5.74) is 2.21. The van der Waals surface area contributed by atoms with Gasteiger partial charge in [-0.15, -0.1) is 0 Å². The van der Waals surface area contributed by atoms with Crippen molar-refractivity contribution in [2.45, 2.75) is 19.8 Å². The first kappa shape index (κ1) is 13.8. The zero-order chi connectivity index (χ0) is 13.7. The molecule has 19 heavy (non-hydrogen) atoms. The van der Waals surface area contributed by atoms with Crippen molar-refractivity contribution >= 4 is 10.9 Å². The summed E-state index contributed by atoms with van der Waals surface area (Å²) >= 11 is 0. The van der Waals surface area contributed by atoms with Crippen LogP contribution < -0.4 is 4.74 Å². The number of aryl methyl sites for hydroxylation is 1. The summed E-state index contributed by atoms with van der Waals surface area (Å²) in [6.45, 7) is 3.74. The lowest BCUT2D eigenvalue weighted by Crippen LogP contribution is -2.13. The van der Waals surface area contributed by atoms with E-state index in [2.05, 4.69) is 36.1 Å². The smallest absolute Gasteiger partial charge is 0.217 e. The zero-order valence-corrected chi connectivity index (χ0v) is 12.0. The Hall–Kier alpha value is -1.61. The van der Waals surface area contributed by atoms with E-state index in [1.165, 1.54) is 10.9 Å². The Kier molecular flexibility index (Phi) is 4.74. The second kappa shape index (κ2) is 6.53. The predicted octanol–water partition coefficient (Wildman–Crippen LogP) is 3.13. The first-order chi connectivity index (χ1) is 9.20. The molecule has 3 nitrogen and oxygen atoms in total. The number of aromatic nitrogens is 1. The minimum Gasteiger partial charge on any atom is -0.478 e. The molecule has 102 valence electrons. The zero-order valence-electron chi connectivity index (χ0n) is 12.0. The van der Waals surface area contributed by atoms with Gasteiger partial charge in [-0.1, -0.05) is 18.2 Å². The first-order valence-electron chi connectivity index (χ1n) is 6.87. The van der Waals surface area contributed by atoms with Crippen molar-refractivity contribution in [3.8, 4) is 5.88 Å². The van der Waals surface area contributed by atoms with Gasteiger partial charge in [-0.25, -0.2) is 4.98 Å². The maximum atomic E-state index is 5.68. The average molecular weight is 258 g/mol. The molecular weight excluding hydrogens is 236 g/mol. The lowest BCUT2D eigenvalue weighted by atomic mass is 10.1. The second-order valence-electron chi connectivity index (χ2n) is 4.99. The number of hydrogen-bond acceptors (Lipinski definition) is 3. The lowest BCUT2D eigenvalue weighted by Gasteiger charge is -2.12. The molecule has 2 aromatic rings. The van der Waals surface area contributed by atoms with Gasteiger partial charge in [0.15, 0.2) is 0 Å². The predicted molar refractivity (Wildman–Crippen MR) is 79.8 cm³/mol. The van der Waals surface area contributed by atoms with Crippen LogP contribution in [0.3, 0.4) is 0 Å². The van der Waals surface area contributed by atoms with Crippen molar-refractivity contribution in [2.75, 3.05) is 27.2 Å². The molecule has 0 atom stereocenters. The van der Waals surface area contributed by atoms with E-state index in [0.29, 0.717) is 6.61 Å². The van der Waals surface area contributed by atoms with E-state index in [1.54, 1.807) is 0 Å². The molecule has 3 heteroatoms. The Bertz CT molecular complexity index is 537. The first-order valence-corrected chi connectivity index (χ1v) is 6.87. The van der Waals surface area contributed by atoms with Gasteiger partial charge in [0, 0.05) is 10.9 Å². The van der Waals surface area contributed by atoms with Gasteiger partial charge in [-0.2, -0.15) is 0 Å². The summed E-state index contributed by atoms with van der Waals surface area (Å²) in [7, 11) is 4.20. The molecule has 0 spiro atoms. The number of ether oxygens (including phenoxy) is 1. The monoisotopic (exact) mass is 258 g/mol. The summed E-state index contributed by atoms with van der Waals surface area (Å²) in [6, 6.07) is 10.4. The van der Waals surface area contributed by atoms with Gasteiger partial charge < -0.3 is 9.64 Å². The molecule has 0 aliphatic heterocycles. The molecule has 0 amide bonds. The van der Waals surface area contributed by atoms with Gasteiger partial charge in [0.25, 0.3) is 0 Å². The Labute approximate surface area is 115 Å². The molecule has 0 aliphatic rings. The highest BCUT2D eigenvalue weighted by Crippen LogP contribution is 2.23. The maximum Gasteiger partial charge on any atom is 0.217 e. The summed E-state index contributed by atoms with van der Waals surface area (Å²) in [6.07, 6.45) is 2.12. The Morgan fingerprint density at radius 3 is 2.74 bits per heavy atom. The molecule has 0 saturated carbocycles. The summed E-state index contributed by atoms with van der Waals surface area (Å²) in [5.74, 6) is 0.792. The van der Waals surface area contributed by atoms with E-state index >= 15 is 0 Å². The normalized spacial score (nSPS) is 11.2. The topological polar surface area (TPSA) is 25.4 Å². The third-order valence-corrected chi connectivity index (χ3v) is 3.10. The SMILES string of the molecule is CCOc1nc2ccccc2cc1CCCN(C)C. The van der Waals surface area contributed by atoms with Crippen LogP contribution in [0.15, 0.2) is 30.3 Å². The standard InChI is InChI=1S/C16H22N2O/c1-4-19-16-14(9-7-11-18(2)3)12-13-8-5-6-10-15(13)17-16/h5-6,8,10,12H,4,7,9,11H2,1-3H3. The van der Waals surface area contributed by atoms with Crippen LogP contribution in [0.4, 0.5) is 0 Å². The number of rotatable bonds is 6. The Balaban J connectivity index is 2.25. The van der Waals surface area contributed by atoms with Crippen LogP contribution in [0.2, 0.25) is 0 Å². The lowest BCUT2D eigenvalue weighted by molar-refractivity contribution is 0.322. The second-order valence-corrected chi connectivity index (χ2v) is 4.99. The average Bonchev–Trinajstić information content (AvgIpc) is 2.39. The van der Waals surface area contributed by atoms with Crippen molar-refractivity contribution in [1.29, 1.82) is 0 Å². The molecule has 0 radical (unpaired) electrons. The van der Waals surface area contributed by atoms with Crippen LogP contribution in [-0.4, -0.2) is 37.1 Å². The minimum absolute atomic E-state index is 0.659. The summed E-state index contributed by atoms with van der Waals surface area (Å²) in [5, 5.41) is 1.19. The largest absolute Gasteiger partial charge is 0.478 e. The van der Waals surface area contributed by atoms with Gasteiger partial charge in [-0.3, -0.25) is 0 Å². The van der Waals surface area contributed by atoms with Crippen molar-refractivity contribution in [1.82, 2.24) is 9.88 Å². The van der Waals surface area contributed by atoms with Crippen LogP contribution in [0.1, 0.15) is 18.9 Å². The van der Waals surface area contributed by atoms with Crippen molar-refractivity contribution in [3.05, 3.63) is 35.9 Å². The highest BCUT2D eigenvalue weighted by atomic mass is 16.5. The van der Waals surface area contributed by atoms with Gasteiger partial charge in [0.2, 0.25) is 5.88 Å². The Morgan fingerprint density at radius 2 is 2.00 bits per heavy atom. The molecular formula is C16H22N2O. The van der Waals surface area contributed by atoms with E-state index in [0.717, 1.165) is 30.8 Å². The van der Waals surface area contributed by atoms with E-state index in [4.69, 9.17) is 4.74 Å². The highest BCUT2D eigenvalue weighted by Gasteiger charge is 2.07. The Morgan fingerprint density at radius 1 is 1.21 bits per heavy atom.